The van der Waals surface area contributed by atoms with Gasteiger partial charge in [0.05, 0.1) is 0 Å². The Hall–Kier alpha value is 1.13. The molecule has 0 heterocycles. The molecule has 0 aromatic carbocycles. The molecule has 0 nitrogen and oxygen atoms in total. The lowest BCUT2D eigenvalue weighted by molar-refractivity contribution is 2.33. The Morgan fingerprint density at radius 1 is 1.43 bits per heavy atom. The molecule has 0 N–H and O–H groups in total. The molecule has 3 heteroatoms. The second kappa shape index (κ2) is 4.05. The van der Waals surface area contributed by atoms with Gasteiger partial charge in [-0.25, -0.2) is 0 Å². The number of hydrogen-bond acceptors (Lipinski definition) is 1. The molecule has 0 spiro atoms. The van der Waals surface area contributed by atoms with Gasteiger partial charge in [0.2, 0.25) is 0 Å². The second-order valence-corrected chi connectivity index (χ2v) is 12.7. The van der Waals surface area contributed by atoms with Crippen LogP contribution in [0.5, 0.6) is 0 Å². The summed E-state index contributed by atoms with van der Waals surface area (Å²) in [6.45, 7) is 2.37. The molecular weight excluding hydrogens is 143 g/mol. The third-order valence-electron chi connectivity index (χ3n) is 0.862. The third kappa shape index (κ3) is 3.69. The lowest BCUT2D eigenvalue weighted by atomic mass is 11.9. The molecule has 0 rings (SSSR count). The van der Waals surface area contributed by atoms with Crippen molar-refractivity contribution >= 4 is 27.4 Å². The zero-order valence-electron chi connectivity index (χ0n) is 5.32. The molecule has 0 aliphatic heterocycles. The Labute approximate surface area is 53.2 Å². The summed E-state index contributed by atoms with van der Waals surface area (Å²) < 4.78 is 0. The van der Waals surface area contributed by atoms with Crippen molar-refractivity contribution in [2.24, 2.45) is 0 Å². The Bertz CT molecular complexity index is 83.7. The Balaban J connectivity index is 3.72. The van der Waals surface area contributed by atoms with E-state index in [9.17, 15) is 0 Å². The van der Waals surface area contributed by atoms with Gasteiger partial charge < -0.3 is 0 Å². The summed E-state index contributed by atoms with van der Waals surface area (Å²) in [6, 6.07) is 0. The van der Waals surface area contributed by atoms with Crippen LogP contribution in [0.1, 0.15) is 0 Å². The first-order valence-electron chi connectivity index (χ1n) is 2.13. The van der Waals surface area contributed by atoms with Gasteiger partial charge in [0.1, 0.15) is 0 Å². The third-order valence-corrected chi connectivity index (χ3v) is 12.3. The van der Waals surface area contributed by atoms with Crippen molar-refractivity contribution in [1.82, 2.24) is 0 Å². The van der Waals surface area contributed by atoms with E-state index in [-0.39, 0.29) is 5.90 Å². The zero-order chi connectivity index (χ0) is 5.86. The van der Waals surface area contributed by atoms with E-state index in [0.717, 1.165) is 0 Å². The lowest BCUT2D eigenvalue weighted by Crippen LogP contribution is -1.71. The number of hydrogen-bond donors (Lipinski definition) is 0. The highest BCUT2D eigenvalue weighted by atomic mass is 32.9. The highest BCUT2D eigenvalue weighted by molar-refractivity contribution is 8.68. The minimum absolute atomic E-state index is 0.00154. The van der Waals surface area contributed by atoms with Crippen molar-refractivity contribution in [3.05, 3.63) is 0 Å². The van der Waals surface area contributed by atoms with E-state index in [4.69, 9.17) is 0 Å². The Kier molecular flexibility index (Phi) is 4.71. The molecule has 0 aliphatic rings. The van der Waals surface area contributed by atoms with Crippen LogP contribution in [0.2, 0.25) is 0 Å². The molecule has 0 aromatic rings. The average molecular weight is 156 g/mol. The molecule has 0 bridgehead atoms. The van der Waals surface area contributed by atoms with Gasteiger partial charge in [0.15, 0.2) is 0 Å². The van der Waals surface area contributed by atoms with Crippen molar-refractivity contribution in [3.8, 4) is 0 Å². The maximum atomic E-state index is 2.37. The van der Waals surface area contributed by atoms with Crippen LogP contribution in [-0.2, 0) is 10.1 Å². The molecule has 0 aliphatic carbocycles. The summed E-state index contributed by atoms with van der Waals surface area (Å²) in [5.41, 5.74) is 0. The lowest BCUT2D eigenvalue weighted by Gasteiger charge is -1.97. The van der Waals surface area contributed by atoms with Crippen LogP contribution in [0.4, 0.5) is 0 Å². The van der Waals surface area contributed by atoms with Crippen LogP contribution < -0.4 is 0 Å². The van der Waals surface area contributed by atoms with E-state index in [1.54, 1.807) is 0 Å². The predicted octanol–water partition coefficient (Wildman–Crippen LogP) is 1.90. The van der Waals surface area contributed by atoms with Gasteiger partial charge in [0.25, 0.3) is 0 Å². The van der Waals surface area contributed by atoms with Crippen LogP contribution in [0, 0.1) is 0 Å². The summed E-state index contributed by atoms with van der Waals surface area (Å²) in [5, 5.41) is 0. The van der Waals surface area contributed by atoms with Gasteiger partial charge in [-0.3, -0.25) is 0 Å². The molecule has 7 heavy (non-hydrogen) atoms. The van der Waals surface area contributed by atoms with Crippen molar-refractivity contribution in [3.63, 3.8) is 0 Å². The molecule has 0 amide bonds. The van der Waals surface area contributed by atoms with Crippen molar-refractivity contribution in [2.75, 3.05) is 25.4 Å². The van der Waals surface area contributed by atoms with Gasteiger partial charge in [-0.15, -0.1) is 11.4 Å². The van der Waals surface area contributed by atoms with Gasteiger partial charge in [-0.05, 0) is 31.3 Å². The fourth-order valence-corrected chi connectivity index (χ4v) is 4.50. The maximum absolute atomic E-state index is 2.37. The fraction of sp³-hybridized carbons (Fsp3) is 1.00. The summed E-state index contributed by atoms with van der Waals surface area (Å²) in [7, 11) is 0.704. The van der Waals surface area contributed by atoms with E-state index in [0.29, 0.717) is 10.1 Å². The molecule has 1 unspecified atom stereocenters. The molecular formula is C4H13PS2. The van der Waals surface area contributed by atoms with Crippen LogP contribution in [0.3, 0.4) is 0 Å². The summed E-state index contributed by atoms with van der Waals surface area (Å²) in [5.74, 6) is -0.00154. The molecule has 0 fully saturated rings. The zero-order valence-corrected chi connectivity index (χ0v) is 7.95. The quantitative estimate of drug-likeness (QED) is 0.522. The standard InChI is InChI=1S/C4H13PS2/c1-5(6-2)7(3)4/h5H,1-4H3. The van der Waals surface area contributed by atoms with Crippen LogP contribution in [0.25, 0.3) is 0 Å². The summed E-state index contributed by atoms with van der Waals surface area (Å²) >= 11 is 2.05. The maximum Gasteiger partial charge on any atom is -0.0140 e. The summed E-state index contributed by atoms with van der Waals surface area (Å²) in [6.07, 6.45) is 6.86. The Morgan fingerprint density at radius 2 is 1.86 bits per heavy atom. The smallest absolute Gasteiger partial charge is 0.0140 e. The second-order valence-electron chi connectivity index (χ2n) is 1.51. The van der Waals surface area contributed by atoms with E-state index in [1.165, 1.54) is 0 Å². The first kappa shape index (κ1) is 8.13. The van der Waals surface area contributed by atoms with E-state index >= 15 is 0 Å². The van der Waals surface area contributed by atoms with Gasteiger partial charge >= 0.3 is 0 Å². The fourth-order valence-electron chi connectivity index (χ4n) is 0.167. The minimum Gasteiger partial charge on any atom is -0.189 e. The van der Waals surface area contributed by atoms with Gasteiger partial charge in [0, 0.05) is 0 Å². The molecule has 0 radical (unpaired) electrons. The molecule has 0 saturated heterocycles. The van der Waals surface area contributed by atoms with Gasteiger partial charge in [-0.2, -0.15) is 10.1 Å². The van der Waals surface area contributed by atoms with Crippen LogP contribution in [0.15, 0.2) is 0 Å². The molecule has 0 saturated carbocycles. The monoisotopic (exact) mass is 156 g/mol. The summed E-state index contributed by atoms with van der Waals surface area (Å²) in [4.78, 5) is 0. The first-order chi connectivity index (χ1) is 3.18. The highest BCUT2D eigenvalue weighted by Crippen LogP contribution is 2.34. The minimum atomic E-state index is -0.00154. The topological polar surface area (TPSA) is 0 Å². The average Bonchev–Trinajstić information content (AvgIpc) is 1.65. The van der Waals surface area contributed by atoms with Crippen LogP contribution in [-0.4, -0.2) is 25.4 Å². The normalized spacial score (nSPS) is 15.0. The first-order valence-corrected chi connectivity index (χ1v) is 8.85. The van der Waals surface area contributed by atoms with E-state index < -0.39 is 0 Å². The highest BCUT2D eigenvalue weighted by Gasteiger charge is 1.80. The molecule has 1 atom stereocenters. The van der Waals surface area contributed by atoms with Gasteiger partial charge in [-0.1, -0.05) is 0 Å². The van der Waals surface area contributed by atoms with Crippen molar-refractivity contribution in [1.29, 1.82) is 0 Å². The van der Waals surface area contributed by atoms with Crippen molar-refractivity contribution < 1.29 is 0 Å². The van der Waals surface area contributed by atoms with E-state index in [1.807, 2.05) is 11.4 Å². The molecule has 0 aromatic heterocycles. The number of rotatable bonds is 1. The Morgan fingerprint density at radius 3 is 1.86 bits per heavy atom. The predicted molar refractivity (Wildman–Crippen MR) is 47.0 cm³/mol. The SMILES string of the molecule is CS[PH](C)=S(C)C. The van der Waals surface area contributed by atoms with Crippen molar-refractivity contribution in [2.45, 2.75) is 0 Å². The van der Waals surface area contributed by atoms with Crippen LogP contribution >= 0.6 is 17.3 Å². The molecule has 46 valence electrons. The largest absolute Gasteiger partial charge is 0.189 e. The van der Waals surface area contributed by atoms with E-state index in [2.05, 4.69) is 25.4 Å².